The predicted octanol–water partition coefficient (Wildman–Crippen LogP) is 3.64. The molecule has 0 saturated carbocycles. The number of hydrogen-bond donors (Lipinski definition) is 1. The van der Waals surface area contributed by atoms with Crippen LogP contribution in [-0.2, 0) is 0 Å². The Bertz CT molecular complexity index is 273. The van der Waals surface area contributed by atoms with Gasteiger partial charge in [0, 0.05) is 14.3 Å². The van der Waals surface area contributed by atoms with Crippen molar-refractivity contribution < 1.29 is 5.11 Å². The van der Waals surface area contributed by atoms with E-state index in [2.05, 4.69) is 63.0 Å². The second kappa shape index (κ2) is 6.13. The monoisotopic (exact) mass is 284 g/mol. The summed E-state index contributed by atoms with van der Waals surface area (Å²) in [4.78, 5) is 0. The van der Waals surface area contributed by atoms with Crippen LogP contribution in [0, 0.1) is 0 Å². The molecule has 0 bridgehead atoms. The zero-order chi connectivity index (χ0) is 13.7. The van der Waals surface area contributed by atoms with Crippen LogP contribution in [-0.4, -0.2) is 35.6 Å². The van der Waals surface area contributed by atoms with E-state index >= 15 is 0 Å². The second-order valence-corrected chi connectivity index (χ2v) is 21.8. The number of hydrogen-bond acceptors (Lipinski definition) is 1. The highest BCUT2D eigenvalue weighted by molar-refractivity contribution is 7.07. The summed E-state index contributed by atoms with van der Waals surface area (Å²) in [5.74, 6) is 0. The highest BCUT2D eigenvalue weighted by Gasteiger charge is 2.37. The molecule has 0 aromatic heterocycles. The summed E-state index contributed by atoms with van der Waals surface area (Å²) in [6, 6.07) is 0. The van der Waals surface area contributed by atoms with Gasteiger partial charge in [-0.2, -0.15) is 0 Å². The molecule has 0 spiro atoms. The molecule has 0 aliphatic carbocycles. The van der Waals surface area contributed by atoms with Gasteiger partial charge in [-0.3, -0.25) is 0 Å². The first kappa shape index (κ1) is 16.8. The van der Waals surface area contributed by atoms with E-state index in [1.54, 1.807) is 0 Å². The van der Waals surface area contributed by atoms with Crippen LogP contribution in [0.5, 0.6) is 0 Å². The Morgan fingerprint density at radius 3 is 1.53 bits per heavy atom. The third-order valence-electron chi connectivity index (χ3n) is 3.31. The largest absolute Gasteiger partial charge is 0.400 e. The van der Waals surface area contributed by atoms with Crippen molar-refractivity contribution in [2.75, 3.05) is 6.23 Å². The van der Waals surface area contributed by atoms with Gasteiger partial charge in [0.15, 0.2) is 0 Å². The second-order valence-electron chi connectivity index (χ2n) is 6.56. The van der Waals surface area contributed by atoms with Gasteiger partial charge < -0.3 is 5.11 Å². The molecule has 98 valence electrons. The van der Waals surface area contributed by atoms with Crippen LogP contribution in [0.4, 0.5) is 0 Å². The average Bonchev–Trinajstić information content (AvgIpc) is 2.25. The lowest BCUT2D eigenvalue weighted by atomic mass is 11.2. The van der Waals surface area contributed by atoms with Gasteiger partial charge in [0.05, 0.1) is 8.07 Å². The van der Waals surface area contributed by atoms with Gasteiger partial charge in [0.2, 0.25) is 0 Å². The Labute approximate surface area is 110 Å². The van der Waals surface area contributed by atoms with Gasteiger partial charge in [0.25, 0.3) is 0 Å². The Morgan fingerprint density at radius 2 is 1.24 bits per heavy atom. The lowest BCUT2D eigenvalue weighted by molar-refractivity contribution is 0.358. The smallest absolute Gasteiger partial charge is 0.121 e. The van der Waals surface area contributed by atoms with Gasteiger partial charge >= 0.3 is 0 Å². The van der Waals surface area contributed by atoms with E-state index in [0.717, 1.165) is 0 Å². The molecule has 0 fully saturated rings. The summed E-state index contributed by atoms with van der Waals surface area (Å²) in [5.41, 5.74) is 8.77. The molecular weight excluding hydrogens is 256 g/mol. The third kappa shape index (κ3) is 5.33. The number of rotatable bonds is 8. The molecule has 0 atom stereocenters. The first-order chi connectivity index (χ1) is 7.66. The maximum atomic E-state index is 9.46. The molecular formula is C13H28OSi3. The minimum absolute atomic E-state index is 0.397. The van der Waals surface area contributed by atoms with Gasteiger partial charge in [-0.15, -0.1) is 19.7 Å². The molecule has 0 aliphatic rings. The van der Waals surface area contributed by atoms with Crippen molar-refractivity contribution in [2.24, 2.45) is 0 Å². The molecule has 0 rings (SSSR count). The van der Waals surface area contributed by atoms with E-state index in [1.807, 2.05) is 0 Å². The lowest BCUT2D eigenvalue weighted by Gasteiger charge is -2.35. The van der Waals surface area contributed by atoms with Gasteiger partial charge in [-0.25, -0.2) is 0 Å². The molecule has 17 heavy (non-hydrogen) atoms. The Balaban J connectivity index is 4.90. The van der Waals surface area contributed by atoms with Crippen LogP contribution < -0.4 is 0 Å². The maximum Gasteiger partial charge on any atom is 0.121 e. The van der Waals surface area contributed by atoms with E-state index in [0.29, 0.717) is 6.23 Å². The van der Waals surface area contributed by atoms with Crippen LogP contribution >= 0.6 is 0 Å². The fourth-order valence-electron chi connectivity index (χ4n) is 2.71. The topological polar surface area (TPSA) is 20.2 Å². The minimum Gasteiger partial charge on any atom is -0.400 e. The zero-order valence-corrected chi connectivity index (χ0v) is 14.9. The lowest BCUT2D eigenvalue weighted by Crippen LogP contribution is -2.47. The van der Waals surface area contributed by atoms with Crippen molar-refractivity contribution in [2.45, 2.75) is 37.5 Å². The normalized spacial score (nSPS) is 13.2. The summed E-state index contributed by atoms with van der Waals surface area (Å²) in [6.07, 6.45) is 0.397. The van der Waals surface area contributed by atoms with Crippen molar-refractivity contribution in [3.63, 3.8) is 0 Å². The predicted molar refractivity (Wildman–Crippen MR) is 88.0 cm³/mol. The first-order valence-corrected chi connectivity index (χ1v) is 15.4. The highest BCUT2D eigenvalue weighted by Crippen LogP contribution is 2.29. The zero-order valence-electron chi connectivity index (χ0n) is 11.9. The van der Waals surface area contributed by atoms with Crippen molar-refractivity contribution >= 4 is 24.2 Å². The third-order valence-corrected chi connectivity index (χ3v) is 20.4. The van der Waals surface area contributed by atoms with E-state index < -0.39 is 24.2 Å². The van der Waals surface area contributed by atoms with Gasteiger partial charge in [-0.1, -0.05) is 54.6 Å². The fourth-order valence-corrected chi connectivity index (χ4v) is 24.0. The first-order valence-electron chi connectivity index (χ1n) is 6.17. The van der Waals surface area contributed by atoms with E-state index in [-0.39, 0.29) is 0 Å². The summed E-state index contributed by atoms with van der Waals surface area (Å²) in [7, 11) is -4.39. The van der Waals surface area contributed by atoms with Crippen LogP contribution in [0.1, 0.15) is 0 Å². The molecule has 0 aromatic rings. The quantitative estimate of drug-likeness (QED) is 0.675. The van der Waals surface area contributed by atoms with Crippen molar-refractivity contribution in [1.82, 2.24) is 0 Å². The molecule has 4 heteroatoms. The standard InChI is InChI=1S/C13H28OSi3/c1-8-17(9-2,10-3)13-16(6,7)12-15(4,5)11-14/h8-10,14H,1-3,11-13H2,4-7H3. The molecule has 0 unspecified atom stereocenters. The molecule has 0 saturated heterocycles. The average molecular weight is 285 g/mol. The SMILES string of the molecule is C=C[Si](C=C)(C=C)C[Si](C)(C)C[Si](C)(C)CO. The molecule has 1 N–H and O–H groups in total. The minimum atomic E-state index is -1.67. The summed E-state index contributed by atoms with van der Waals surface area (Å²) >= 11 is 0. The van der Waals surface area contributed by atoms with Crippen molar-refractivity contribution in [3.05, 3.63) is 36.8 Å². The van der Waals surface area contributed by atoms with Gasteiger partial charge in [0.1, 0.15) is 8.07 Å². The molecule has 0 radical (unpaired) electrons. The molecule has 0 aromatic carbocycles. The number of aliphatic hydroxyl groups is 1. The summed E-state index contributed by atoms with van der Waals surface area (Å²) < 4.78 is 0. The van der Waals surface area contributed by atoms with Crippen molar-refractivity contribution in [3.8, 4) is 0 Å². The van der Waals surface area contributed by atoms with Gasteiger partial charge in [-0.05, 0) is 0 Å². The van der Waals surface area contributed by atoms with E-state index in [1.165, 1.54) is 11.3 Å². The Morgan fingerprint density at radius 1 is 0.824 bits per heavy atom. The Hall–Kier alpha value is -0.169. The molecule has 0 amide bonds. The summed E-state index contributed by atoms with van der Waals surface area (Å²) in [5, 5.41) is 9.46. The van der Waals surface area contributed by atoms with Crippen LogP contribution in [0.15, 0.2) is 36.8 Å². The number of aliphatic hydroxyl groups excluding tert-OH is 1. The van der Waals surface area contributed by atoms with Crippen molar-refractivity contribution in [1.29, 1.82) is 0 Å². The van der Waals surface area contributed by atoms with Crippen LogP contribution in [0.25, 0.3) is 0 Å². The Kier molecular flexibility index (Phi) is 6.07. The molecule has 1 nitrogen and oxygen atoms in total. The molecule has 0 heterocycles. The fraction of sp³-hybridized carbons (Fsp3) is 0.538. The van der Waals surface area contributed by atoms with Crippen LogP contribution in [0.3, 0.4) is 0 Å². The van der Waals surface area contributed by atoms with E-state index in [4.69, 9.17) is 0 Å². The maximum absolute atomic E-state index is 9.46. The summed E-state index contributed by atoms with van der Waals surface area (Å²) in [6.45, 7) is 21.3. The highest BCUT2D eigenvalue weighted by atomic mass is 28.4. The van der Waals surface area contributed by atoms with Crippen LogP contribution in [0.2, 0.25) is 37.5 Å². The van der Waals surface area contributed by atoms with E-state index in [9.17, 15) is 5.11 Å². The molecule has 0 aliphatic heterocycles.